The van der Waals surface area contributed by atoms with Gasteiger partial charge < -0.3 is 10.2 Å². The molecule has 1 heterocycles. The van der Waals surface area contributed by atoms with Crippen molar-refractivity contribution in [3.63, 3.8) is 0 Å². The Morgan fingerprint density at radius 3 is 2.76 bits per heavy atom. The number of carbonyl (C=O) groups excluding carboxylic acids is 1. The molecule has 3 rings (SSSR count). The van der Waals surface area contributed by atoms with Crippen LogP contribution in [0.5, 0.6) is 0 Å². The van der Waals surface area contributed by atoms with Crippen LogP contribution in [0, 0.1) is 0 Å². The number of anilines is 2. The lowest BCUT2D eigenvalue weighted by molar-refractivity contribution is -0.121. The van der Waals surface area contributed by atoms with Crippen molar-refractivity contribution in [3.05, 3.63) is 22.7 Å². The second-order valence-corrected chi connectivity index (χ2v) is 5.83. The highest BCUT2D eigenvalue weighted by molar-refractivity contribution is 9.10. The van der Waals surface area contributed by atoms with Gasteiger partial charge in [-0.3, -0.25) is 4.79 Å². The Labute approximate surface area is 109 Å². The van der Waals surface area contributed by atoms with Crippen LogP contribution >= 0.6 is 15.9 Å². The Morgan fingerprint density at radius 1 is 1.35 bits per heavy atom. The minimum atomic E-state index is -0.312. The van der Waals surface area contributed by atoms with E-state index in [-0.39, 0.29) is 11.4 Å². The van der Waals surface area contributed by atoms with Crippen LogP contribution in [0.3, 0.4) is 0 Å². The first-order valence-corrected chi connectivity index (χ1v) is 6.78. The molecule has 1 amide bonds. The van der Waals surface area contributed by atoms with E-state index in [0.717, 1.165) is 41.5 Å². The lowest BCUT2D eigenvalue weighted by Crippen LogP contribution is -2.56. The molecule has 0 aromatic heterocycles. The number of nitrogens with one attached hydrogen (secondary N) is 1. The monoisotopic (exact) mass is 294 g/mol. The average molecular weight is 295 g/mol. The van der Waals surface area contributed by atoms with Crippen molar-refractivity contribution < 1.29 is 4.79 Å². The third kappa shape index (κ3) is 1.50. The summed E-state index contributed by atoms with van der Waals surface area (Å²) in [5.41, 5.74) is 1.72. The van der Waals surface area contributed by atoms with Crippen molar-refractivity contribution in [2.24, 2.45) is 0 Å². The van der Waals surface area contributed by atoms with Crippen LogP contribution in [0.15, 0.2) is 22.7 Å². The molecule has 0 atom stereocenters. The number of hydrogen-bond acceptors (Lipinski definition) is 2. The van der Waals surface area contributed by atoms with E-state index in [9.17, 15) is 4.79 Å². The maximum absolute atomic E-state index is 12.3. The summed E-state index contributed by atoms with van der Waals surface area (Å²) in [4.78, 5) is 14.5. The van der Waals surface area contributed by atoms with Gasteiger partial charge in [0.1, 0.15) is 5.54 Å². The summed E-state index contributed by atoms with van der Waals surface area (Å²) in [5, 5.41) is 3.05. The number of amides is 1. The Hall–Kier alpha value is -1.03. The molecular weight excluding hydrogens is 280 g/mol. The molecule has 0 bridgehead atoms. The first-order chi connectivity index (χ1) is 8.13. The molecule has 1 aliphatic heterocycles. The highest BCUT2D eigenvalue weighted by Crippen LogP contribution is 2.44. The number of hydrogen-bond donors (Lipinski definition) is 1. The molecule has 0 saturated heterocycles. The third-order valence-electron chi connectivity index (χ3n) is 4.06. The average Bonchev–Trinajstić information content (AvgIpc) is 2.79. The number of halogens is 1. The summed E-state index contributed by atoms with van der Waals surface area (Å²) in [6.07, 6.45) is 4.20. The van der Waals surface area contributed by atoms with Gasteiger partial charge in [0.15, 0.2) is 0 Å². The molecule has 0 radical (unpaired) electrons. The van der Waals surface area contributed by atoms with Crippen LogP contribution in [-0.2, 0) is 4.79 Å². The van der Waals surface area contributed by atoms with Crippen LogP contribution in [0.4, 0.5) is 11.4 Å². The topological polar surface area (TPSA) is 32.3 Å². The molecule has 0 unspecified atom stereocenters. The maximum Gasteiger partial charge on any atom is 0.250 e. The standard InChI is InChI=1S/C13H15BrN2O/c1-16-11-8-9(14)4-5-10(11)15-12(17)13(16)6-2-3-7-13/h4-5,8H,2-3,6-7H2,1H3,(H,15,17). The summed E-state index contributed by atoms with van der Waals surface area (Å²) >= 11 is 3.49. The van der Waals surface area contributed by atoms with Gasteiger partial charge in [0.05, 0.1) is 11.4 Å². The second-order valence-electron chi connectivity index (χ2n) is 4.91. The lowest BCUT2D eigenvalue weighted by Gasteiger charge is -2.43. The van der Waals surface area contributed by atoms with Crippen molar-refractivity contribution in [1.29, 1.82) is 0 Å². The molecule has 1 spiro atoms. The minimum absolute atomic E-state index is 0.160. The maximum atomic E-state index is 12.3. The van der Waals surface area contributed by atoms with Gasteiger partial charge in [-0.25, -0.2) is 0 Å². The summed E-state index contributed by atoms with van der Waals surface area (Å²) in [6.45, 7) is 0. The van der Waals surface area contributed by atoms with Gasteiger partial charge in [0.2, 0.25) is 5.91 Å². The molecule has 1 saturated carbocycles. The van der Waals surface area contributed by atoms with Crippen LogP contribution in [0.25, 0.3) is 0 Å². The van der Waals surface area contributed by atoms with Crippen molar-refractivity contribution in [3.8, 4) is 0 Å². The largest absolute Gasteiger partial charge is 0.358 e. The predicted molar refractivity (Wildman–Crippen MR) is 72.4 cm³/mol. The van der Waals surface area contributed by atoms with Crippen molar-refractivity contribution in [2.45, 2.75) is 31.2 Å². The molecule has 1 aromatic carbocycles. The van der Waals surface area contributed by atoms with Crippen molar-refractivity contribution in [2.75, 3.05) is 17.3 Å². The fourth-order valence-electron chi connectivity index (χ4n) is 3.03. The fourth-order valence-corrected chi connectivity index (χ4v) is 3.38. The Bertz CT molecular complexity index is 480. The number of carbonyl (C=O) groups is 1. The van der Waals surface area contributed by atoms with Gasteiger partial charge in [-0.15, -0.1) is 0 Å². The quantitative estimate of drug-likeness (QED) is 0.797. The van der Waals surface area contributed by atoms with Crippen LogP contribution in [0.1, 0.15) is 25.7 Å². The van der Waals surface area contributed by atoms with Gasteiger partial charge in [-0.05, 0) is 31.0 Å². The number of likely N-dealkylation sites (N-methyl/N-ethyl adjacent to an activating group) is 1. The summed E-state index contributed by atoms with van der Waals surface area (Å²) in [6, 6.07) is 5.99. The van der Waals surface area contributed by atoms with Crippen LogP contribution < -0.4 is 10.2 Å². The number of fused-ring (bicyclic) bond motifs is 1. The minimum Gasteiger partial charge on any atom is -0.358 e. The van der Waals surface area contributed by atoms with Crippen LogP contribution in [-0.4, -0.2) is 18.5 Å². The molecule has 2 aliphatic rings. The first kappa shape index (κ1) is 11.1. The normalized spacial score (nSPS) is 21.5. The van der Waals surface area contributed by atoms with Crippen LogP contribution in [0.2, 0.25) is 0 Å². The predicted octanol–water partition coefficient (Wildman–Crippen LogP) is 3.15. The van der Waals surface area contributed by atoms with E-state index in [1.165, 1.54) is 0 Å². The molecule has 1 aromatic rings. The van der Waals surface area contributed by atoms with E-state index in [4.69, 9.17) is 0 Å². The zero-order valence-corrected chi connectivity index (χ0v) is 11.4. The SMILES string of the molecule is CN1c2cc(Br)ccc2NC(=O)C12CCCC2. The Kier molecular flexibility index (Phi) is 2.43. The van der Waals surface area contributed by atoms with Gasteiger partial charge >= 0.3 is 0 Å². The van der Waals surface area contributed by atoms with Crippen molar-refractivity contribution in [1.82, 2.24) is 0 Å². The number of rotatable bonds is 0. The lowest BCUT2D eigenvalue weighted by atomic mass is 9.91. The highest BCUT2D eigenvalue weighted by Gasteiger charge is 2.47. The molecule has 1 N–H and O–H groups in total. The van der Waals surface area contributed by atoms with E-state index >= 15 is 0 Å². The van der Waals surface area contributed by atoms with E-state index < -0.39 is 0 Å². The number of benzene rings is 1. The molecule has 4 heteroatoms. The molecule has 1 fully saturated rings. The van der Waals surface area contributed by atoms with Gasteiger partial charge in [0.25, 0.3) is 0 Å². The van der Waals surface area contributed by atoms with E-state index in [1.54, 1.807) is 0 Å². The highest BCUT2D eigenvalue weighted by atomic mass is 79.9. The molecular formula is C13H15BrN2O. The van der Waals surface area contributed by atoms with E-state index in [2.05, 4.69) is 32.2 Å². The first-order valence-electron chi connectivity index (χ1n) is 5.98. The zero-order valence-electron chi connectivity index (χ0n) is 9.79. The smallest absolute Gasteiger partial charge is 0.250 e. The summed E-state index contributed by atoms with van der Waals surface area (Å²) in [5.74, 6) is 0.160. The fraction of sp³-hybridized carbons (Fsp3) is 0.462. The van der Waals surface area contributed by atoms with Gasteiger partial charge in [-0.1, -0.05) is 28.8 Å². The number of nitrogens with zero attached hydrogens (tertiary/aromatic N) is 1. The Balaban J connectivity index is 2.11. The zero-order chi connectivity index (χ0) is 12.0. The summed E-state index contributed by atoms with van der Waals surface area (Å²) in [7, 11) is 2.04. The van der Waals surface area contributed by atoms with E-state index in [0.29, 0.717) is 0 Å². The molecule has 1 aliphatic carbocycles. The van der Waals surface area contributed by atoms with Crippen molar-refractivity contribution >= 4 is 33.2 Å². The van der Waals surface area contributed by atoms with Gasteiger partial charge in [-0.2, -0.15) is 0 Å². The Morgan fingerprint density at radius 2 is 2.06 bits per heavy atom. The molecule has 17 heavy (non-hydrogen) atoms. The van der Waals surface area contributed by atoms with Gasteiger partial charge in [0, 0.05) is 11.5 Å². The van der Waals surface area contributed by atoms with E-state index in [1.807, 2.05) is 19.2 Å². The molecule has 90 valence electrons. The molecule has 3 nitrogen and oxygen atoms in total. The second kappa shape index (κ2) is 3.73. The third-order valence-corrected chi connectivity index (χ3v) is 4.56. The summed E-state index contributed by atoms with van der Waals surface area (Å²) < 4.78 is 1.05.